The van der Waals surface area contributed by atoms with Gasteiger partial charge in [-0.05, 0) is 50.5 Å². The molecule has 0 saturated heterocycles. The number of phenols is 1. The van der Waals surface area contributed by atoms with E-state index in [1.807, 2.05) is 0 Å². The number of allylic oxidation sites excluding steroid dienone is 2. The Morgan fingerprint density at radius 1 is 0.846 bits per heavy atom. The normalized spacial score (nSPS) is 11.1. The van der Waals surface area contributed by atoms with E-state index in [2.05, 4.69) is 19.1 Å². The predicted octanol–water partition coefficient (Wildman–Crippen LogP) is 6.81. The molecular weight excluding hydrogens is 324 g/mol. The van der Waals surface area contributed by atoms with E-state index in [-0.39, 0.29) is 11.7 Å². The summed E-state index contributed by atoms with van der Waals surface area (Å²) in [6.45, 7) is 2.57. The summed E-state index contributed by atoms with van der Waals surface area (Å²) in [4.78, 5) is 11.8. The molecule has 0 heterocycles. The largest absolute Gasteiger partial charge is 0.508 e. The minimum absolute atomic E-state index is 0.158. The van der Waals surface area contributed by atoms with Crippen molar-refractivity contribution in [2.45, 2.75) is 84.0 Å². The fraction of sp³-hybridized carbons (Fsp3) is 0.609. The molecule has 0 amide bonds. The molecule has 1 N–H and O–H groups in total. The van der Waals surface area contributed by atoms with Crippen LogP contribution in [0.1, 0.15) is 94.3 Å². The third-order valence-electron chi connectivity index (χ3n) is 4.59. The second-order valence-electron chi connectivity index (χ2n) is 6.93. The Labute approximate surface area is 159 Å². The topological polar surface area (TPSA) is 46.5 Å². The van der Waals surface area contributed by atoms with Crippen LogP contribution in [0, 0.1) is 0 Å². The van der Waals surface area contributed by atoms with Crippen molar-refractivity contribution in [3.05, 3.63) is 42.0 Å². The minimum atomic E-state index is -0.310. The molecule has 0 unspecified atom stereocenters. The Morgan fingerprint density at radius 3 is 1.88 bits per heavy atom. The first-order valence-corrected chi connectivity index (χ1v) is 10.3. The molecule has 146 valence electrons. The number of hydrogen-bond donors (Lipinski definition) is 1. The minimum Gasteiger partial charge on any atom is -0.508 e. The van der Waals surface area contributed by atoms with Crippen LogP contribution in [0.25, 0.3) is 0 Å². The number of hydrogen-bond acceptors (Lipinski definition) is 3. The lowest BCUT2D eigenvalue weighted by Crippen LogP contribution is -2.06. The molecule has 0 atom stereocenters. The maximum atomic E-state index is 11.8. The second-order valence-corrected chi connectivity index (χ2v) is 6.93. The number of esters is 1. The highest BCUT2D eigenvalue weighted by Crippen LogP contribution is 2.13. The van der Waals surface area contributed by atoms with Crippen molar-refractivity contribution < 1.29 is 14.6 Å². The van der Waals surface area contributed by atoms with Crippen molar-refractivity contribution in [1.82, 2.24) is 0 Å². The number of phenolic OH excluding ortho intramolecular Hbond substituents is 1. The SMILES string of the molecule is C/C=C/CCCCCCCCCCCCCOC(=O)c1ccc(O)cc1. The molecular formula is C23H36O3. The Kier molecular flexibility index (Phi) is 13.3. The summed E-state index contributed by atoms with van der Waals surface area (Å²) in [7, 11) is 0. The summed E-state index contributed by atoms with van der Waals surface area (Å²) in [6, 6.07) is 6.17. The molecule has 26 heavy (non-hydrogen) atoms. The predicted molar refractivity (Wildman–Crippen MR) is 109 cm³/mol. The standard InChI is InChI=1S/C23H36O3/c1-2-3-4-5-6-7-8-9-10-11-12-13-14-15-20-26-23(25)21-16-18-22(24)19-17-21/h2-3,16-19,24H,4-15,20H2,1H3/b3-2+. The van der Waals surface area contributed by atoms with Crippen LogP contribution in [0.5, 0.6) is 5.75 Å². The van der Waals surface area contributed by atoms with E-state index in [0.717, 1.165) is 12.8 Å². The summed E-state index contributed by atoms with van der Waals surface area (Å²) in [5.74, 6) is -0.151. The lowest BCUT2D eigenvalue weighted by Gasteiger charge is -2.05. The quantitative estimate of drug-likeness (QED) is 0.212. The van der Waals surface area contributed by atoms with Gasteiger partial charge in [0.05, 0.1) is 12.2 Å². The van der Waals surface area contributed by atoms with Gasteiger partial charge in [0.25, 0.3) is 0 Å². The van der Waals surface area contributed by atoms with Gasteiger partial charge in [-0.15, -0.1) is 0 Å². The zero-order valence-electron chi connectivity index (χ0n) is 16.4. The molecule has 0 aliphatic rings. The van der Waals surface area contributed by atoms with Crippen LogP contribution in [-0.4, -0.2) is 17.7 Å². The smallest absolute Gasteiger partial charge is 0.338 e. The molecule has 1 aromatic rings. The summed E-state index contributed by atoms with van der Waals surface area (Å²) < 4.78 is 5.25. The van der Waals surface area contributed by atoms with E-state index in [1.54, 1.807) is 12.1 Å². The number of ether oxygens (including phenoxy) is 1. The average Bonchev–Trinajstić information content (AvgIpc) is 2.65. The monoisotopic (exact) mass is 360 g/mol. The van der Waals surface area contributed by atoms with E-state index in [0.29, 0.717) is 12.2 Å². The van der Waals surface area contributed by atoms with Crippen LogP contribution in [0.2, 0.25) is 0 Å². The van der Waals surface area contributed by atoms with Gasteiger partial charge in [0.15, 0.2) is 0 Å². The molecule has 0 bridgehead atoms. The molecule has 3 nitrogen and oxygen atoms in total. The van der Waals surface area contributed by atoms with Crippen molar-refractivity contribution in [3.63, 3.8) is 0 Å². The van der Waals surface area contributed by atoms with E-state index in [1.165, 1.54) is 76.3 Å². The molecule has 1 rings (SSSR count). The first-order valence-electron chi connectivity index (χ1n) is 10.3. The zero-order valence-corrected chi connectivity index (χ0v) is 16.4. The Hall–Kier alpha value is -1.77. The molecule has 0 radical (unpaired) electrons. The van der Waals surface area contributed by atoms with Crippen LogP contribution < -0.4 is 0 Å². The van der Waals surface area contributed by atoms with Gasteiger partial charge in [0, 0.05) is 0 Å². The Balaban J connectivity index is 1.83. The lowest BCUT2D eigenvalue weighted by atomic mass is 10.1. The molecule has 0 aromatic heterocycles. The highest BCUT2D eigenvalue weighted by atomic mass is 16.5. The van der Waals surface area contributed by atoms with Gasteiger partial charge in [-0.1, -0.05) is 69.9 Å². The third kappa shape index (κ3) is 11.7. The molecule has 0 aliphatic carbocycles. The second kappa shape index (κ2) is 15.5. The number of carbonyl (C=O) groups is 1. The maximum absolute atomic E-state index is 11.8. The molecule has 0 aliphatic heterocycles. The summed E-state index contributed by atoms with van der Waals surface area (Å²) in [5.41, 5.74) is 0.490. The van der Waals surface area contributed by atoms with Crippen LogP contribution in [-0.2, 0) is 4.74 Å². The van der Waals surface area contributed by atoms with Gasteiger partial charge in [-0.3, -0.25) is 0 Å². The van der Waals surface area contributed by atoms with Crippen LogP contribution in [0.3, 0.4) is 0 Å². The van der Waals surface area contributed by atoms with Crippen molar-refractivity contribution >= 4 is 5.97 Å². The van der Waals surface area contributed by atoms with Crippen molar-refractivity contribution in [2.24, 2.45) is 0 Å². The highest BCUT2D eigenvalue weighted by molar-refractivity contribution is 5.89. The van der Waals surface area contributed by atoms with Gasteiger partial charge in [0.1, 0.15) is 5.75 Å². The van der Waals surface area contributed by atoms with Gasteiger partial charge >= 0.3 is 5.97 Å². The third-order valence-corrected chi connectivity index (χ3v) is 4.59. The van der Waals surface area contributed by atoms with E-state index in [4.69, 9.17) is 4.74 Å². The van der Waals surface area contributed by atoms with E-state index < -0.39 is 0 Å². The van der Waals surface area contributed by atoms with Gasteiger partial charge in [-0.2, -0.15) is 0 Å². The highest BCUT2D eigenvalue weighted by Gasteiger charge is 2.06. The van der Waals surface area contributed by atoms with Gasteiger partial charge < -0.3 is 9.84 Å². The molecule has 3 heteroatoms. The number of unbranched alkanes of at least 4 members (excludes halogenated alkanes) is 11. The fourth-order valence-corrected chi connectivity index (χ4v) is 2.97. The lowest BCUT2D eigenvalue weighted by molar-refractivity contribution is 0.0497. The molecule has 0 fully saturated rings. The van der Waals surface area contributed by atoms with Gasteiger partial charge in [0.2, 0.25) is 0 Å². The number of aromatic hydroxyl groups is 1. The maximum Gasteiger partial charge on any atom is 0.338 e. The van der Waals surface area contributed by atoms with Crippen molar-refractivity contribution in [3.8, 4) is 5.75 Å². The van der Waals surface area contributed by atoms with Crippen molar-refractivity contribution in [2.75, 3.05) is 6.61 Å². The Bertz CT molecular complexity index is 491. The van der Waals surface area contributed by atoms with Crippen LogP contribution in [0.15, 0.2) is 36.4 Å². The number of rotatable bonds is 15. The summed E-state index contributed by atoms with van der Waals surface area (Å²) in [5, 5.41) is 9.20. The molecule has 0 saturated carbocycles. The molecule has 0 spiro atoms. The molecule has 1 aromatic carbocycles. The van der Waals surface area contributed by atoms with E-state index in [9.17, 15) is 9.90 Å². The first-order chi connectivity index (χ1) is 12.7. The van der Waals surface area contributed by atoms with Crippen LogP contribution >= 0.6 is 0 Å². The van der Waals surface area contributed by atoms with E-state index >= 15 is 0 Å². The van der Waals surface area contributed by atoms with Crippen LogP contribution in [0.4, 0.5) is 0 Å². The summed E-state index contributed by atoms with van der Waals surface area (Å²) in [6.07, 6.45) is 19.7. The van der Waals surface area contributed by atoms with Crippen molar-refractivity contribution in [1.29, 1.82) is 0 Å². The first kappa shape index (κ1) is 22.3. The number of benzene rings is 1. The summed E-state index contributed by atoms with van der Waals surface area (Å²) >= 11 is 0. The fourth-order valence-electron chi connectivity index (χ4n) is 2.97. The van der Waals surface area contributed by atoms with Gasteiger partial charge in [-0.25, -0.2) is 4.79 Å². The zero-order chi connectivity index (χ0) is 18.9. The number of carbonyl (C=O) groups excluding carboxylic acids is 1. The Morgan fingerprint density at radius 2 is 1.35 bits per heavy atom. The average molecular weight is 361 g/mol.